The van der Waals surface area contributed by atoms with Gasteiger partial charge in [-0.05, 0) is 19.1 Å². The lowest BCUT2D eigenvalue weighted by Gasteiger charge is -2.08. The molecule has 7 nitrogen and oxygen atoms in total. The number of carbonyl (C=O) groups excluding carboxylic acids is 1. The second kappa shape index (κ2) is 8.35. The second-order valence-corrected chi connectivity index (χ2v) is 5.98. The normalized spacial score (nSPS) is 10.5. The number of ether oxygens (including phenoxy) is 2. The summed E-state index contributed by atoms with van der Waals surface area (Å²) in [5, 5.41) is 6.81. The summed E-state index contributed by atoms with van der Waals surface area (Å²) in [6, 6.07) is 12.9. The molecule has 0 atom stereocenters. The van der Waals surface area contributed by atoms with Gasteiger partial charge in [0.25, 0.3) is 5.91 Å². The Balaban J connectivity index is 1.58. The third-order valence-corrected chi connectivity index (χ3v) is 4.02. The van der Waals surface area contributed by atoms with Gasteiger partial charge < -0.3 is 19.3 Å². The van der Waals surface area contributed by atoms with E-state index in [9.17, 15) is 4.79 Å². The number of amides is 1. The Bertz CT molecular complexity index is 897. The van der Waals surface area contributed by atoms with Crippen molar-refractivity contribution in [1.82, 2.24) is 15.5 Å². The van der Waals surface area contributed by atoms with Gasteiger partial charge in [0.2, 0.25) is 11.7 Å². The van der Waals surface area contributed by atoms with Gasteiger partial charge in [-0.1, -0.05) is 35.0 Å². The largest absolute Gasteiger partial charge is 0.497 e. The monoisotopic (exact) mass is 367 g/mol. The van der Waals surface area contributed by atoms with E-state index < -0.39 is 0 Å². The zero-order chi connectivity index (χ0) is 19.2. The van der Waals surface area contributed by atoms with Crippen LogP contribution in [0.1, 0.15) is 21.8 Å². The fourth-order valence-electron chi connectivity index (χ4n) is 2.50. The number of rotatable bonds is 7. The number of nitrogens with one attached hydrogen (secondary N) is 1. The van der Waals surface area contributed by atoms with Crippen LogP contribution < -0.4 is 14.8 Å². The minimum absolute atomic E-state index is 0.231. The van der Waals surface area contributed by atoms with Crippen molar-refractivity contribution in [2.45, 2.75) is 13.3 Å². The summed E-state index contributed by atoms with van der Waals surface area (Å²) >= 11 is 0. The first-order valence-electron chi connectivity index (χ1n) is 8.50. The van der Waals surface area contributed by atoms with E-state index in [1.807, 2.05) is 31.2 Å². The van der Waals surface area contributed by atoms with E-state index >= 15 is 0 Å². The van der Waals surface area contributed by atoms with Gasteiger partial charge in [-0.2, -0.15) is 4.98 Å². The number of methoxy groups -OCH3 is 2. The molecule has 0 radical (unpaired) electrons. The minimum Gasteiger partial charge on any atom is -0.497 e. The lowest BCUT2D eigenvalue weighted by atomic mass is 10.1. The first-order valence-corrected chi connectivity index (χ1v) is 8.50. The molecular weight excluding hydrogens is 346 g/mol. The fraction of sp³-hybridized carbons (Fsp3) is 0.250. The average Bonchev–Trinajstić information content (AvgIpc) is 3.16. The van der Waals surface area contributed by atoms with E-state index in [4.69, 9.17) is 14.0 Å². The maximum Gasteiger partial charge on any atom is 0.251 e. The SMILES string of the molecule is COc1cc(OC)cc(C(=O)NCCc2nc(-c3ccc(C)cc3)no2)c1. The number of carbonyl (C=O) groups is 1. The van der Waals surface area contributed by atoms with Gasteiger partial charge in [-0.15, -0.1) is 0 Å². The molecule has 2 aromatic carbocycles. The molecule has 0 aliphatic carbocycles. The number of nitrogens with zero attached hydrogens (tertiary/aromatic N) is 2. The topological polar surface area (TPSA) is 86.5 Å². The summed E-state index contributed by atoms with van der Waals surface area (Å²) in [7, 11) is 3.08. The Morgan fingerprint density at radius 2 is 1.74 bits per heavy atom. The molecule has 27 heavy (non-hydrogen) atoms. The van der Waals surface area contributed by atoms with Gasteiger partial charge in [-0.25, -0.2) is 0 Å². The van der Waals surface area contributed by atoms with E-state index in [-0.39, 0.29) is 5.91 Å². The van der Waals surface area contributed by atoms with Gasteiger partial charge in [0.1, 0.15) is 11.5 Å². The minimum atomic E-state index is -0.231. The Morgan fingerprint density at radius 3 is 2.37 bits per heavy atom. The van der Waals surface area contributed by atoms with E-state index in [1.165, 1.54) is 19.8 Å². The van der Waals surface area contributed by atoms with Crippen LogP contribution in [-0.2, 0) is 6.42 Å². The molecule has 1 aromatic heterocycles. The predicted molar refractivity (Wildman–Crippen MR) is 100 cm³/mol. The highest BCUT2D eigenvalue weighted by Gasteiger charge is 2.12. The van der Waals surface area contributed by atoms with Crippen molar-refractivity contribution in [2.75, 3.05) is 20.8 Å². The Kier molecular flexibility index (Phi) is 5.71. The first kappa shape index (κ1) is 18.4. The smallest absolute Gasteiger partial charge is 0.251 e. The van der Waals surface area contributed by atoms with Crippen LogP contribution in [0.2, 0.25) is 0 Å². The van der Waals surface area contributed by atoms with Crippen molar-refractivity contribution in [3.8, 4) is 22.9 Å². The predicted octanol–water partition coefficient (Wildman–Crippen LogP) is 3.03. The van der Waals surface area contributed by atoms with Crippen LogP contribution in [0.4, 0.5) is 0 Å². The van der Waals surface area contributed by atoms with Crippen LogP contribution >= 0.6 is 0 Å². The lowest BCUT2D eigenvalue weighted by Crippen LogP contribution is -2.25. The van der Waals surface area contributed by atoms with Gasteiger partial charge in [-0.3, -0.25) is 4.79 Å². The molecule has 0 aliphatic rings. The average molecular weight is 367 g/mol. The molecule has 0 unspecified atom stereocenters. The van der Waals surface area contributed by atoms with Crippen molar-refractivity contribution in [3.05, 3.63) is 59.5 Å². The molecule has 140 valence electrons. The molecule has 1 amide bonds. The molecule has 1 N–H and O–H groups in total. The summed E-state index contributed by atoms with van der Waals surface area (Å²) in [5.41, 5.74) is 2.51. The Labute approximate surface area is 157 Å². The highest BCUT2D eigenvalue weighted by atomic mass is 16.5. The maximum absolute atomic E-state index is 12.3. The van der Waals surface area contributed by atoms with Gasteiger partial charge in [0, 0.05) is 30.2 Å². The molecule has 0 aliphatic heterocycles. The van der Waals surface area contributed by atoms with Gasteiger partial charge in [0.05, 0.1) is 14.2 Å². The van der Waals surface area contributed by atoms with Crippen molar-refractivity contribution in [2.24, 2.45) is 0 Å². The molecule has 0 bridgehead atoms. The molecule has 0 saturated heterocycles. The van der Waals surface area contributed by atoms with Crippen LogP contribution in [0.15, 0.2) is 47.0 Å². The van der Waals surface area contributed by atoms with E-state index in [0.29, 0.717) is 41.7 Å². The zero-order valence-corrected chi connectivity index (χ0v) is 15.5. The van der Waals surface area contributed by atoms with E-state index in [2.05, 4.69) is 15.5 Å². The molecule has 0 saturated carbocycles. The first-order chi connectivity index (χ1) is 13.1. The Morgan fingerprint density at radius 1 is 1.07 bits per heavy atom. The molecule has 3 aromatic rings. The number of hydrogen-bond acceptors (Lipinski definition) is 6. The Hall–Kier alpha value is -3.35. The number of benzene rings is 2. The van der Waals surface area contributed by atoms with Crippen LogP contribution in [0, 0.1) is 6.92 Å². The van der Waals surface area contributed by atoms with Crippen LogP contribution in [0.3, 0.4) is 0 Å². The van der Waals surface area contributed by atoms with Gasteiger partial charge in [0.15, 0.2) is 0 Å². The van der Waals surface area contributed by atoms with Crippen molar-refractivity contribution >= 4 is 5.91 Å². The number of aryl methyl sites for hydroxylation is 1. The van der Waals surface area contributed by atoms with Crippen molar-refractivity contribution < 1.29 is 18.8 Å². The molecule has 1 heterocycles. The molecule has 0 fully saturated rings. The van der Waals surface area contributed by atoms with Crippen LogP contribution in [0.25, 0.3) is 11.4 Å². The van der Waals surface area contributed by atoms with Crippen LogP contribution in [0.5, 0.6) is 11.5 Å². The summed E-state index contributed by atoms with van der Waals surface area (Å²) in [6.07, 6.45) is 0.436. The van der Waals surface area contributed by atoms with E-state index in [1.54, 1.807) is 18.2 Å². The van der Waals surface area contributed by atoms with Crippen molar-refractivity contribution in [1.29, 1.82) is 0 Å². The highest BCUT2D eigenvalue weighted by Crippen LogP contribution is 2.22. The highest BCUT2D eigenvalue weighted by molar-refractivity contribution is 5.95. The molecular formula is C20H21N3O4. The number of aromatic nitrogens is 2. The number of hydrogen-bond donors (Lipinski definition) is 1. The molecule has 3 rings (SSSR count). The summed E-state index contributed by atoms with van der Waals surface area (Å²) < 4.78 is 15.6. The van der Waals surface area contributed by atoms with Crippen molar-refractivity contribution in [3.63, 3.8) is 0 Å². The molecule has 7 heteroatoms. The second-order valence-electron chi connectivity index (χ2n) is 5.98. The summed E-state index contributed by atoms with van der Waals surface area (Å²) in [4.78, 5) is 16.7. The van der Waals surface area contributed by atoms with Gasteiger partial charge >= 0.3 is 0 Å². The summed E-state index contributed by atoms with van der Waals surface area (Å²) in [5.74, 6) is 1.88. The third kappa shape index (κ3) is 4.63. The summed E-state index contributed by atoms with van der Waals surface area (Å²) in [6.45, 7) is 2.39. The third-order valence-electron chi connectivity index (χ3n) is 4.02. The lowest BCUT2D eigenvalue weighted by molar-refractivity contribution is 0.0952. The fourth-order valence-corrected chi connectivity index (χ4v) is 2.50. The van der Waals surface area contributed by atoms with E-state index in [0.717, 1.165) is 5.56 Å². The van der Waals surface area contributed by atoms with Crippen LogP contribution in [-0.4, -0.2) is 36.8 Å². The standard InChI is InChI=1S/C20H21N3O4/c1-13-4-6-14(7-5-13)19-22-18(27-23-19)8-9-21-20(24)15-10-16(25-2)12-17(11-15)26-3/h4-7,10-12H,8-9H2,1-3H3,(H,21,24). The quantitative estimate of drug-likeness (QED) is 0.691. The maximum atomic E-state index is 12.3. The zero-order valence-electron chi connectivity index (χ0n) is 15.5. The molecule has 0 spiro atoms.